The predicted molar refractivity (Wildman–Crippen MR) is 89.8 cm³/mol. The molecule has 1 atom stereocenters. The number of hydrogen-bond acceptors (Lipinski definition) is 3. The first-order valence-electron chi connectivity index (χ1n) is 8.23. The maximum Gasteiger partial charge on any atom is 0.0511 e. The minimum absolute atomic E-state index is 0.677. The molecule has 3 nitrogen and oxygen atoms in total. The summed E-state index contributed by atoms with van der Waals surface area (Å²) in [5, 5.41) is 3.49. The number of hydrogen-bond donors (Lipinski definition) is 1. The fraction of sp³-hybridized carbons (Fsp3) is 0.667. The number of ether oxygens (including phenoxy) is 1. The molecule has 1 aliphatic heterocycles. The van der Waals surface area contributed by atoms with E-state index in [2.05, 4.69) is 55.4 Å². The Morgan fingerprint density at radius 3 is 2.67 bits per heavy atom. The van der Waals surface area contributed by atoms with Gasteiger partial charge >= 0.3 is 0 Å². The van der Waals surface area contributed by atoms with E-state index in [9.17, 15) is 0 Å². The number of nitrogens with one attached hydrogen (secondary N) is 1. The largest absolute Gasteiger partial charge is 0.381 e. The molecule has 0 aromatic heterocycles. The van der Waals surface area contributed by atoms with Gasteiger partial charge in [0.2, 0.25) is 0 Å². The van der Waals surface area contributed by atoms with Gasteiger partial charge in [-0.2, -0.15) is 0 Å². The average molecular weight is 290 g/mol. The van der Waals surface area contributed by atoms with Gasteiger partial charge in [-0.15, -0.1) is 0 Å². The molecular formula is C18H30N2O. The van der Waals surface area contributed by atoms with Crippen LogP contribution in [0.1, 0.15) is 32.3 Å². The standard InChI is InChI=1S/C18H30N2O/c1-15(2)11-19-12-16-6-8-18(9-7-16)20(3)13-17-5-4-10-21-14-17/h6-9,15,17,19H,4-5,10-14H2,1-3H3. The molecule has 1 unspecified atom stereocenters. The van der Waals surface area contributed by atoms with E-state index in [-0.39, 0.29) is 0 Å². The molecule has 1 aromatic rings. The van der Waals surface area contributed by atoms with Crippen molar-refractivity contribution < 1.29 is 4.74 Å². The van der Waals surface area contributed by atoms with Crippen LogP contribution in [0.5, 0.6) is 0 Å². The van der Waals surface area contributed by atoms with Crippen LogP contribution in [-0.2, 0) is 11.3 Å². The minimum Gasteiger partial charge on any atom is -0.381 e. The first kappa shape index (κ1) is 16.3. The summed E-state index contributed by atoms with van der Waals surface area (Å²) in [6.07, 6.45) is 2.50. The van der Waals surface area contributed by atoms with Gasteiger partial charge in [0, 0.05) is 32.4 Å². The van der Waals surface area contributed by atoms with Gasteiger partial charge in [-0.3, -0.25) is 0 Å². The van der Waals surface area contributed by atoms with Gasteiger partial charge in [0.25, 0.3) is 0 Å². The molecule has 118 valence electrons. The lowest BCUT2D eigenvalue weighted by molar-refractivity contribution is 0.0576. The lowest BCUT2D eigenvalue weighted by atomic mass is 10.0. The Balaban J connectivity index is 1.80. The van der Waals surface area contributed by atoms with E-state index in [1.54, 1.807) is 0 Å². The van der Waals surface area contributed by atoms with E-state index in [4.69, 9.17) is 4.74 Å². The molecule has 0 saturated carbocycles. The van der Waals surface area contributed by atoms with Crippen molar-refractivity contribution in [3.8, 4) is 0 Å². The third kappa shape index (κ3) is 5.68. The topological polar surface area (TPSA) is 24.5 Å². The molecule has 0 radical (unpaired) electrons. The molecule has 1 aromatic carbocycles. The molecule has 1 N–H and O–H groups in total. The summed E-state index contributed by atoms with van der Waals surface area (Å²) in [5.74, 6) is 1.38. The van der Waals surface area contributed by atoms with Gasteiger partial charge < -0.3 is 15.0 Å². The summed E-state index contributed by atoms with van der Waals surface area (Å²) in [4.78, 5) is 2.35. The summed E-state index contributed by atoms with van der Waals surface area (Å²) in [7, 11) is 2.18. The first-order valence-corrected chi connectivity index (χ1v) is 8.23. The molecule has 0 spiro atoms. The summed E-state index contributed by atoms with van der Waals surface area (Å²) in [5.41, 5.74) is 2.65. The maximum absolute atomic E-state index is 5.57. The molecule has 1 heterocycles. The van der Waals surface area contributed by atoms with Gasteiger partial charge in [-0.25, -0.2) is 0 Å². The Labute approximate surface area is 129 Å². The van der Waals surface area contributed by atoms with Gasteiger partial charge in [-0.1, -0.05) is 26.0 Å². The molecule has 21 heavy (non-hydrogen) atoms. The van der Waals surface area contributed by atoms with E-state index in [1.807, 2.05) is 0 Å². The van der Waals surface area contributed by atoms with Crippen molar-refractivity contribution in [3.05, 3.63) is 29.8 Å². The Morgan fingerprint density at radius 1 is 1.29 bits per heavy atom. The van der Waals surface area contributed by atoms with E-state index in [1.165, 1.54) is 24.1 Å². The van der Waals surface area contributed by atoms with E-state index >= 15 is 0 Å². The zero-order chi connectivity index (χ0) is 15.1. The second kappa shape index (κ2) is 8.40. The van der Waals surface area contributed by atoms with Crippen LogP contribution in [0.25, 0.3) is 0 Å². The normalized spacial score (nSPS) is 19.0. The summed E-state index contributed by atoms with van der Waals surface area (Å²) >= 11 is 0. The van der Waals surface area contributed by atoms with E-state index in [0.717, 1.165) is 32.8 Å². The highest BCUT2D eigenvalue weighted by Crippen LogP contribution is 2.19. The lowest BCUT2D eigenvalue weighted by Gasteiger charge is -2.28. The third-order valence-corrected chi connectivity index (χ3v) is 4.05. The molecule has 3 heteroatoms. The number of rotatable bonds is 7. The maximum atomic E-state index is 5.57. The molecule has 0 aliphatic carbocycles. The van der Waals surface area contributed by atoms with Crippen molar-refractivity contribution in [1.29, 1.82) is 0 Å². The summed E-state index contributed by atoms with van der Waals surface area (Å²) in [6.45, 7) is 9.45. The number of benzene rings is 1. The van der Waals surface area contributed by atoms with Crippen LogP contribution in [0.15, 0.2) is 24.3 Å². The van der Waals surface area contributed by atoms with Crippen LogP contribution in [0.4, 0.5) is 5.69 Å². The van der Waals surface area contributed by atoms with Gasteiger partial charge in [0.15, 0.2) is 0 Å². The summed E-state index contributed by atoms with van der Waals surface area (Å²) in [6, 6.07) is 8.93. The lowest BCUT2D eigenvalue weighted by Crippen LogP contribution is -2.30. The van der Waals surface area contributed by atoms with Gasteiger partial charge in [0.05, 0.1) is 6.61 Å². The zero-order valence-corrected chi connectivity index (χ0v) is 13.8. The Hall–Kier alpha value is -1.06. The van der Waals surface area contributed by atoms with Crippen molar-refractivity contribution >= 4 is 5.69 Å². The van der Waals surface area contributed by atoms with Crippen molar-refractivity contribution in [2.75, 3.05) is 38.3 Å². The van der Waals surface area contributed by atoms with Crippen LogP contribution < -0.4 is 10.2 Å². The predicted octanol–water partition coefficient (Wildman–Crippen LogP) is 3.30. The second-order valence-corrected chi connectivity index (χ2v) is 6.65. The molecule has 1 saturated heterocycles. The molecular weight excluding hydrogens is 260 g/mol. The van der Waals surface area contributed by atoms with Crippen molar-refractivity contribution in [2.45, 2.75) is 33.2 Å². The molecule has 0 bridgehead atoms. The SMILES string of the molecule is CC(C)CNCc1ccc(N(C)CC2CCCOC2)cc1. The monoisotopic (exact) mass is 290 g/mol. The zero-order valence-electron chi connectivity index (χ0n) is 13.8. The van der Waals surface area contributed by atoms with Crippen molar-refractivity contribution in [3.63, 3.8) is 0 Å². The molecule has 2 rings (SSSR count). The van der Waals surface area contributed by atoms with Crippen LogP contribution in [-0.4, -0.2) is 33.4 Å². The number of anilines is 1. The molecule has 0 amide bonds. The fourth-order valence-electron chi connectivity index (χ4n) is 2.82. The highest BCUT2D eigenvalue weighted by atomic mass is 16.5. The second-order valence-electron chi connectivity index (χ2n) is 6.65. The van der Waals surface area contributed by atoms with Crippen molar-refractivity contribution in [2.24, 2.45) is 11.8 Å². The Kier molecular flexibility index (Phi) is 6.52. The Bertz CT molecular complexity index is 396. The smallest absolute Gasteiger partial charge is 0.0511 e. The minimum atomic E-state index is 0.677. The van der Waals surface area contributed by atoms with Crippen LogP contribution >= 0.6 is 0 Å². The van der Waals surface area contributed by atoms with E-state index < -0.39 is 0 Å². The molecule has 1 aliphatic rings. The quantitative estimate of drug-likeness (QED) is 0.834. The van der Waals surface area contributed by atoms with Gasteiger partial charge in [0.1, 0.15) is 0 Å². The van der Waals surface area contributed by atoms with E-state index in [0.29, 0.717) is 11.8 Å². The van der Waals surface area contributed by atoms with Crippen LogP contribution in [0, 0.1) is 11.8 Å². The highest BCUT2D eigenvalue weighted by molar-refractivity contribution is 5.46. The highest BCUT2D eigenvalue weighted by Gasteiger charge is 2.16. The average Bonchev–Trinajstić information content (AvgIpc) is 2.48. The third-order valence-electron chi connectivity index (χ3n) is 4.05. The van der Waals surface area contributed by atoms with Gasteiger partial charge in [-0.05, 0) is 48.9 Å². The van der Waals surface area contributed by atoms with Crippen LogP contribution in [0.2, 0.25) is 0 Å². The molecule has 1 fully saturated rings. The fourth-order valence-corrected chi connectivity index (χ4v) is 2.82. The number of nitrogens with zero attached hydrogens (tertiary/aromatic N) is 1. The first-order chi connectivity index (χ1) is 10.1. The summed E-state index contributed by atoms with van der Waals surface area (Å²) < 4.78 is 5.57. The van der Waals surface area contributed by atoms with Crippen molar-refractivity contribution in [1.82, 2.24) is 5.32 Å². The van der Waals surface area contributed by atoms with Crippen LogP contribution in [0.3, 0.4) is 0 Å². The Morgan fingerprint density at radius 2 is 2.05 bits per heavy atom.